The van der Waals surface area contributed by atoms with Crippen LogP contribution in [0.2, 0.25) is 0 Å². The van der Waals surface area contributed by atoms with Gasteiger partial charge >= 0.3 is 0 Å². The van der Waals surface area contributed by atoms with Crippen molar-refractivity contribution in [2.45, 2.75) is 20.8 Å². The third kappa shape index (κ3) is 5.29. The largest absolute Gasteiger partial charge is 0.493 e. The molecule has 1 saturated heterocycles. The molecule has 3 amide bonds. The van der Waals surface area contributed by atoms with Gasteiger partial charge in [-0.15, -0.1) is 11.3 Å². The van der Waals surface area contributed by atoms with Crippen LogP contribution in [0.3, 0.4) is 0 Å². The lowest BCUT2D eigenvalue weighted by molar-refractivity contribution is -0.122. The molecule has 7 nitrogen and oxygen atoms in total. The number of rotatable bonds is 8. The smallest absolute Gasteiger partial charge is 0.293 e. The number of nitrogens with zero attached hydrogens (tertiary/aromatic N) is 1. The normalized spacial score (nSPS) is 15.0. The number of methoxy groups -OCH3 is 1. The third-order valence-electron chi connectivity index (χ3n) is 4.57. The molecule has 0 unspecified atom stereocenters. The lowest BCUT2D eigenvalue weighted by Crippen LogP contribution is -2.37. The molecule has 31 heavy (non-hydrogen) atoms. The molecule has 0 aliphatic carbocycles. The number of ether oxygens (including phenoxy) is 2. The number of amides is 3. The lowest BCUT2D eigenvalue weighted by atomic mass is 10.2. The number of imide groups is 1. The van der Waals surface area contributed by atoms with Crippen molar-refractivity contribution in [3.8, 4) is 11.5 Å². The minimum Gasteiger partial charge on any atom is -0.493 e. The van der Waals surface area contributed by atoms with Crippen molar-refractivity contribution in [3.05, 3.63) is 50.1 Å². The van der Waals surface area contributed by atoms with E-state index >= 15 is 0 Å². The van der Waals surface area contributed by atoms with Crippen molar-refractivity contribution in [1.82, 2.24) is 10.2 Å². The second-order valence-electron chi connectivity index (χ2n) is 6.76. The fourth-order valence-electron chi connectivity index (χ4n) is 3.13. The van der Waals surface area contributed by atoms with Gasteiger partial charge in [-0.25, -0.2) is 0 Å². The number of hydrogen-bond acceptors (Lipinski definition) is 7. The van der Waals surface area contributed by atoms with Crippen LogP contribution in [0.5, 0.6) is 11.5 Å². The molecule has 0 radical (unpaired) electrons. The van der Waals surface area contributed by atoms with Crippen LogP contribution in [0, 0.1) is 13.8 Å². The van der Waals surface area contributed by atoms with Gasteiger partial charge in [-0.1, -0.05) is 6.07 Å². The minimum atomic E-state index is -0.375. The van der Waals surface area contributed by atoms with Gasteiger partial charge in [0.2, 0.25) is 0 Å². The SMILES string of the molecule is CCOc1ccc(/C=C2/SC(=O)N(CCNC(=O)c3cc(C)sc3C)C2=O)cc1OC. The van der Waals surface area contributed by atoms with Gasteiger partial charge in [-0.05, 0) is 62.4 Å². The summed E-state index contributed by atoms with van der Waals surface area (Å²) in [6, 6.07) is 7.16. The maximum Gasteiger partial charge on any atom is 0.293 e. The second kappa shape index (κ2) is 10.0. The van der Waals surface area contributed by atoms with Crippen LogP contribution in [0.15, 0.2) is 29.2 Å². The number of hydrogen-bond donors (Lipinski definition) is 1. The van der Waals surface area contributed by atoms with Crippen LogP contribution in [0.25, 0.3) is 6.08 Å². The van der Waals surface area contributed by atoms with Gasteiger partial charge in [-0.3, -0.25) is 19.3 Å². The Balaban J connectivity index is 1.64. The van der Waals surface area contributed by atoms with E-state index in [-0.39, 0.29) is 30.1 Å². The van der Waals surface area contributed by atoms with Gasteiger partial charge < -0.3 is 14.8 Å². The second-order valence-corrected chi connectivity index (χ2v) is 9.21. The highest BCUT2D eigenvalue weighted by Gasteiger charge is 2.34. The maximum absolute atomic E-state index is 12.7. The van der Waals surface area contributed by atoms with E-state index in [1.165, 1.54) is 0 Å². The van der Waals surface area contributed by atoms with E-state index in [0.717, 1.165) is 32.0 Å². The molecule has 2 aromatic rings. The first-order valence-corrected chi connectivity index (χ1v) is 11.4. The summed E-state index contributed by atoms with van der Waals surface area (Å²) in [5, 5.41) is 2.43. The van der Waals surface area contributed by atoms with Gasteiger partial charge in [0.1, 0.15) is 0 Å². The standard InChI is InChI=1S/C22H24N2O5S2/c1-5-29-17-7-6-15(11-18(17)28-4)12-19-21(26)24(22(27)31-19)9-8-23-20(25)16-10-13(2)30-14(16)3/h6-7,10-12H,5,8-9H2,1-4H3,(H,23,25)/b19-12+. The third-order valence-corrected chi connectivity index (χ3v) is 6.44. The maximum atomic E-state index is 12.7. The fourth-order valence-corrected chi connectivity index (χ4v) is 4.91. The Kier molecular flexibility index (Phi) is 7.40. The van der Waals surface area contributed by atoms with Crippen LogP contribution in [-0.2, 0) is 4.79 Å². The highest BCUT2D eigenvalue weighted by atomic mass is 32.2. The number of aryl methyl sites for hydroxylation is 2. The number of carbonyl (C=O) groups is 3. The van der Waals surface area contributed by atoms with Gasteiger partial charge in [-0.2, -0.15) is 0 Å². The van der Waals surface area contributed by atoms with Crippen LogP contribution < -0.4 is 14.8 Å². The number of benzene rings is 1. The van der Waals surface area contributed by atoms with Crippen molar-refractivity contribution < 1.29 is 23.9 Å². The van der Waals surface area contributed by atoms with E-state index in [1.807, 2.05) is 26.8 Å². The first-order valence-electron chi connectivity index (χ1n) is 9.75. The molecule has 3 rings (SSSR count). The van der Waals surface area contributed by atoms with Crippen molar-refractivity contribution >= 4 is 46.2 Å². The molecule has 0 atom stereocenters. The first kappa shape index (κ1) is 22.9. The van der Waals surface area contributed by atoms with E-state index < -0.39 is 0 Å². The summed E-state index contributed by atoms with van der Waals surface area (Å²) in [5.41, 5.74) is 1.35. The van der Waals surface area contributed by atoms with Gasteiger partial charge in [0.05, 0.1) is 24.2 Å². The minimum absolute atomic E-state index is 0.114. The first-order chi connectivity index (χ1) is 14.8. The fraction of sp³-hybridized carbons (Fsp3) is 0.318. The van der Waals surface area contributed by atoms with Crippen LogP contribution >= 0.6 is 23.1 Å². The van der Waals surface area contributed by atoms with E-state index in [1.54, 1.807) is 42.7 Å². The predicted octanol–water partition coefficient (Wildman–Crippen LogP) is 4.24. The number of carbonyl (C=O) groups excluding carboxylic acids is 3. The quantitative estimate of drug-likeness (QED) is 0.593. The highest BCUT2D eigenvalue weighted by Crippen LogP contribution is 2.34. The highest BCUT2D eigenvalue weighted by molar-refractivity contribution is 8.18. The summed E-state index contributed by atoms with van der Waals surface area (Å²) in [6.45, 7) is 6.54. The lowest BCUT2D eigenvalue weighted by Gasteiger charge is -2.13. The summed E-state index contributed by atoms with van der Waals surface area (Å²) >= 11 is 2.44. The topological polar surface area (TPSA) is 84.9 Å². The molecule has 164 valence electrons. The zero-order valence-corrected chi connectivity index (χ0v) is 19.4. The molecule has 1 N–H and O–H groups in total. The Morgan fingerprint density at radius 2 is 1.97 bits per heavy atom. The molecule has 1 aromatic heterocycles. The van der Waals surface area contributed by atoms with Crippen LogP contribution in [0.1, 0.15) is 32.6 Å². The van der Waals surface area contributed by atoms with E-state index in [2.05, 4.69) is 5.32 Å². The average molecular weight is 461 g/mol. The van der Waals surface area contributed by atoms with Crippen molar-refractivity contribution in [1.29, 1.82) is 0 Å². The molecule has 0 spiro atoms. The number of thiophene rings is 1. The van der Waals surface area contributed by atoms with Crippen molar-refractivity contribution in [2.24, 2.45) is 0 Å². The molecule has 1 aliphatic rings. The van der Waals surface area contributed by atoms with E-state index in [4.69, 9.17) is 9.47 Å². The Bertz CT molecular complexity index is 1040. The van der Waals surface area contributed by atoms with E-state index in [9.17, 15) is 14.4 Å². The molecule has 1 aromatic carbocycles. The van der Waals surface area contributed by atoms with Crippen LogP contribution in [-0.4, -0.2) is 48.8 Å². The molecule has 2 heterocycles. The molecule has 0 bridgehead atoms. The molecule has 9 heteroatoms. The van der Waals surface area contributed by atoms with Crippen molar-refractivity contribution in [3.63, 3.8) is 0 Å². The number of thioether (sulfide) groups is 1. The summed E-state index contributed by atoms with van der Waals surface area (Å²) < 4.78 is 10.8. The summed E-state index contributed by atoms with van der Waals surface area (Å²) in [5.74, 6) is 0.587. The van der Waals surface area contributed by atoms with E-state index in [0.29, 0.717) is 28.6 Å². The Morgan fingerprint density at radius 3 is 2.61 bits per heavy atom. The van der Waals surface area contributed by atoms with Gasteiger partial charge in [0.15, 0.2) is 11.5 Å². The average Bonchev–Trinajstić information content (AvgIpc) is 3.21. The molecule has 1 aliphatic heterocycles. The molecular weight excluding hydrogens is 436 g/mol. The Morgan fingerprint density at radius 1 is 1.19 bits per heavy atom. The molecular formula is C22H24N2O5S2. The van der Waals surface area contributed by atoms with Crippen LogP contribution in [0.4, 0.5) is 4.79 Å². The zero-order chi connectivity index (χ0) is 22.5. The Hall–Kier alpha value is -2.78. The monoisotopic (exact) mass is 460 g/mol. The molecule has 0 saturated carbocycles. The summed E-state index contributed by atoms with van der Waals surface area (Å²) in [6.07, 6.45) is 1.65. The summed E-state index contributed by atoms with van der Waals surface area (Å²) in [7, 11) is 1.54. The predicted molar refractivity (Wildman–Crippen MR) is 123 cm³/mol. The zero-order valence-electron chi connectivity index (χ0n) is 17.8. The summed E-state index contributed by atoms with van der Waals surface area (Å²) in [4.78, 5) is 40.8. The number of nitrogens with one attached hydrogen (secondary N) is 1. The van der Waals surface area contributed by atoms with Crippen molar-refractivity contribution in [2.75, 3.05) is 26.8 Å². The van der Waals surface area contributed by atoms with Gasteiger partial charge in [0, 0.05) is 22.8 Å². The van der Waals surface area contributed by atoms with Gasteiger partial charge in [0.25, 0.3) is 17.1 Å². The molecule has 1 fully saturated rings. The Labute approximate surface area is 189 Å².